The summed E-state index contributed by atoms with van der Waals surface area (Å²) in [6, 6.07) is 2.69. The molecule has 0 fully saturated rings. The predicted molar refractivity (Wildman–Crippen MR) is 60.2 cm³/mol. The van der Waals surface area contributed by atoms with Gasteiger partial charge in [-0.2, -0.15) is 11.3 Å². The molecule has 1 aromatic rings. The van der Waals surface area contributed by atoms with Crippen molar-refractivity contribution in [3.63, 3.8) is 0 Å². The average molecular weight is 197 g/mol. The first kappa shape index (κ1) is 10.7. The van der Waals surface area contributed by atoms with E-state index in [-0.39, 0.29) is 0 Å². The zero-order chi connectivity index (χ0) is 9.90. The first-order chi connectivity index (χ1) is 6.11. The molecule has 1 aromatic heterocycles. The van der Waals surface area contributed by atoms with Gasteiger partial charge in [-0.05, 0) is 41.3 Å². The fourth-order valence-corrected chi connectivity index (χ4v) is 2.34. The summed E-state index contributed by atoms with van der Waals surface area (Å²) in [6.45, 7) is 6.87. The van der Waals surface area contributed by atoms with Gasteiger partial charge in [-0.25, -0.2) is 0 Å². The van der Waals surface area contributed by atoms with Crippen LogP contribution in [0.3, 0.4) is 0 Å². The third kappa shape index (κ3) is 2.32. The van der Waals surface area contributed by atoms with Gasteiger partial charge in [-0.1, -0.05) is 20.8 Å². The summed E-state index contributed by atoms with van der Waals surface area (Å²) in [5.41, 5.74) is 1.75. The molecule has 13 heavy (non-hydrogen) atoms. The predicted octanol–water partition coefficient (Wildman–Crippen LogP) is 3.44. The van der Waals surface area contributed by atoms with Crippen molar-refractivity contribution >= 4 is 11.3 Å². The van der Waals surface area contributed by atoms with Gasteiger partial charge in [0, 0.05) is 6.04 Å². The van der Waals surface area contributed by atoms with Crippen LogP contribution >= 0.6 is 11.3 Å². The molecular weight excluding hydrogens is 178 g/mol. The summed E-state index contributed by atoms with van der Waals surface area (Å²) in [5, 5.41) is 7.78. The number of rotatable bonds is 4. The molecule has 0 radical (unpaired) electrons. The van der Waals surface area contributed by atoms with Crippen molar-refractivity contribution in [3.8, 4) is 0 Å². The molecule has 0 spiro atoms. The van der Waals surface area contributed by atoms with Gasteiger partial charge >= 0.3 is 0 Å². The first-order valence-corrected chi connectivity index (χ1v) is 5.75. The van der Waals surface area contributed by atoms with Gasteiger partial charge < -0.3 is 5.32 Å². The van der Waals surface area contributed by atoms with E-state index in [1.54, 1.807) is 11.3 Å². The third-order valence-corrected chi connectivity index (χ3v) is 3.56. The highest BCUT2D eigenvalue weighted by atomic mass is 32.1. The van der Waals surface area contributed by atoms with E-state index in [0.29, 0.717) is 11.5 Å². The van der Waals surface area contributed by atoms with E-state index in [1.165, 1.54) is 12.0 Å². The summed E-state index contributed by atoms with van der Waals surface area (Å²) in [6.07, 6.45) is 1.19. The molecule has 1 heterocycles. The second-order valence-electron chi connectivity index (χ2n) is 4.12. The van der Waals surface area contributed by atoms with Crippen LogP contribution in [0.4, 0.5) is 0 Å². The van der Waals surface area contributed by atoms with Crippen LogP contribution in [0.1, 0.15) is 38.8 Å². The van der Waals surface area contributed by atoms with E-state index in [0.717, 1.165) is 0 Å². The SMILES string of the molecule is CCC(C)(C)C(NC)c1ccsc1. The molecule has 0 saturated heterocycles. The molecule has 1 nitrogen and oxygen atoms in total. The van der Waals surface area contributed by atoms with Gasteiger partial charge in [0.05, 0.1) is 0 Å². The van der Waals surface area contributed by atoms with Crippen molar-refractivity contribution in [2.45, 2.75) is 33.2 Å². The van der Waals surface area contributed by atoms with Crippen LogP contribution in [0.5, 0.6) is 0 Å². The topological polar surface area (TPSA) is 12.0 Å². The van der Waals surface area contributed by atoms with Crippen LogP contribution in [0.2, 0.25) is 0 Å². The van der Waals surface area contributed by atoms with Gasteiger partial charge in [0.1, 0.15) is 0 Å². The molecule has 0 aromatic carbocycles. The fraction of sp³-hybridized carbons (Fsp3) is 0.636. The molecule has 0 amide bonds. The van der Waals surface area contributed by atoms with Crippen molar-refractivity contribution in [1.82, 2.24) is 5.32 Å². The van der Waals surface area contributed by atoms with E-state index in [4.69, 9.17) is 0 Å². The largest absolute Gasteiger partial charge is 0.313 e. The number of hydrogen-bond acceptors (Lipinski definition) is 2. The first-order valence-electron chi connectivity index (χ1n) is 4.81. The van der Waals surface area contributed by atoms with Crippen molar-refractivity contribution in [2.24, 2.45) is 5.41 Å². The molecule has 1 atom stereocenters. The van der Waals surface area contributed by atoms with Crippen molar-refractivity contribution < 1.29 is 0 Å². The summed E-state index contributed by atoms with van der Waals surface area (Å²) in [7, 11) is 2.04. The molecule has 2 heteroatoms. The lowest BCUT2D eigenvalue weighted by atomic mass is 9.79. The summed E-state index contributed by atoms with van der Waals surface area (Å²) >= 11 is 1.77. The van der Waals surface area contributed by atoms with Crippen LogP contribution in [-0.2, 0) is 0 Å². The second kappa shape index (κ2) is 4.25. The normalized spacial score (nSPS) is 14.5. The zero-order valence-electron chi connectivity index (χ0n) is 8.92. The Morgan fingerprint density at radius 1 is 1.54 bits per heavy atom. The Morgan fingerprint density at radius 3 is 2.62 bits per heavy atom. The molecule has 0 bridgehead atoms. The summed E-state index contributed by atoms with van der Waals surface area (Å²) < 4.78 is 0. The lowest BCUT2D eigenvalue weighted by Crippen LogP contribution is -2.31. The molecule has 1 N–H and O–H groups in total. The van der Waals surface area contributed by atoms with Gasteiger partial charge in [-0.3, -0.25) is 0 Å². The molecule has 74 valence electrons. The number of nitrogens with one attached hydrogen (secondary N) is 1. The highest BCUT2D eigenvalue weighted by Gasteiger charge is 2.27. The molecular formula is C11H19NS. The maximum absolute atomic E-state index is 3.40. The Morgan fingerprint density at radius 2 is 2.23 bits per heavy atom. The smallest absolute Gasteiger partial charge is 0.0377 e. The Hall–Kier alpha value is -0.340. The van der Waals surface area contributed by atoms with Gasteiger partial charge in [0.15, 0.2) is 0 Å². The molecule has 0 aliphatic heterocycles. The fourth-order valence-electron chi connectivity index (χ4n) is 1.65. The van der Waals surface area contributed by atoms with Crippen LogP contribution in [0.25, 0.3) is 0 Å². The summed E-state index contributed by atoms with van der Waals surface area (Å²) in [4.78, 5) is 0. The van der Waals surface area contributed by atoms with Gasteiger partial charge in [-0.15, -0.1) is 0 Å². The Labute approximate surface area is 85.2 Å². The zero-order valence-corrected chi connectivity index (χ0v) is 9.74. The average Bonchev–Trinajstić information content (AvgIpc) is 2.58. The van der Waals surface area contributed by atoms with Crippen LogP contribution in [0, 0.1) is 5.41 Å². The minimum absolute atomic E-state index is 0.329. The third-order valence-electron chi connectivity index (χ3n) is 2.86. The van der Waals surface area contributed by atoms with E-state index >= 15 is 0 Å². The monoisotopic (exact) mass is 197 g/mol. The van der Waals surface area contributed by atoms with Crippen LogP contribution in [-0.4, -0.2) is 7.05 Å². The van der Waals surface area contributed by atoms with E-state index in [2.05, 4.69) is 42.9 Å². The van der Waals surface area contributed by atoms with E-state index in [1.807, 2.05) is 7.05 Å². The Balaban J connectivity index is 2.86. The highest BCUT2D eigenvalue weighted by molar-refractivity contribution is 7.07. The lowest BCUT2D eigenvalue weighted by Gasteiger charge is -2.33. The highest BCUT2D eigenvalue weighted by Crippen LogP contribution is 2.36. The van der Waals surface area contributed by atoms with Crippen molar-refractivity contribution in [3.05, 3.63) is 22.4 Å². The number of hydrogen-bond donors (Lipinski definition) is 1. The van der Waals surface area contributed by atoms with Gasteiger partial charge in [0.25, 0.3) is 0 Å². The van der Waals surface area contributed by atoms with Crippen molar-refractivity contribution in [1.29, 1.82) is 0 Å². The standard InChI is InChI=1S/C11H19NS/c1-5-11(2,3)10(12-4)9-6-7-13-8-9/h6-8,10,12H,5H2,1-4H3. The molecule has 1 rings (SSSR count). The second-order valence-corrected chi connectivity index (χ2v) is 4.90. The number of thiophene rings is 1. The summed E-state index contributed by atoms with van der Waals surface area (Å²) in [5.74, 6) is 0. The van der Waals surface area contributed by atoms with Crippen LogP contribution in [0.15, 0.2) is 16.8 Å². The minimum Gasteiger partial charge on any atom is -0.313 e. The molecule has 1 unspecified atom stereocenters. The van der Waals surface area contributed by atoms with Gasteiger partial charge in [0.2, 0.25) is 0 Å². The van der Waals surface area contributed by atoms with Crippen molar-refractivity contribution in [2.75, 3.05) is 7.05 Å². The lowest BCUT2D eigenvalue weighted by molar-refractivity contribution is 0.246. The maximum Gasteiger partial charge on any atom is 0.0377 e. The molecule has 0 saturated carbocycles. The molecule has 0 aliphatic rings. The Kier molecular flexibility index (Phi) is 3.51. The Bertz CT molecular complexity index is 239. The van der Waals surface area contributed by atoms with Crippen LogP contribution < -0.4 is 5.32 Å². The minimum atomic E-state index is 0.329. The quantitative estimate of drug-likeness (QED) is 0.779. The maximum atomic E-state index is 3.40. The van der Waals surface area contributed by atoms with E-state index in [9.17, 15) is 0 Å². The van der Waals surface area contributed by atoms with E-state index < -0.39 is 0 Å². The molecule has 0 aliphatic carbocycles.